The van der Waals surface area contributed by atoms with Gasteiger partial charge in [0.1, 0.15) is 0 Å². The van der Waals surface area contributed by atoms with Crippen LogP contribution < -0.4 is 54.8 Å². The van der Waals surface area contributed by atoms with E-state index in [0.717, 1.165) is 110 Å². The lowest BCUT2D eigenvalue weighted by Crippen LogP contribution is -2.46. The molecule has 0 radical (unpaired) electrons. The van der Waals surface area contributed by atoms with Crippen molar-refractivity contribution in [3.63, 3.8) is 0 Å². The first kappa shape index (κ1) is 36.6. The summed E-state index contributed by atoms with van der Waals surface area (Å²) in [4.78, 5) is 0. The summed E-state index contributed by atoms with van der Waals surface area (Å²) >= 11 is 0. The fraction of sp³-hybridized carbons (Fsp3) is 1.00. The number of hydrogen-bond donors (Lipinski definition) is 10. The van der Waals surface area contributed by atoms with Gasteiger partial charge >= 0.3 is 0 Å². The molecule has 6 atom stereocenters. The second kappa shape index (κ2) is 25.9. The molecule has 37 heavy (non-hydrogen) atoms. The van der Waals surface area contributed by atoms with E-state index < -0.39 is 0 Å². The first-order chi connectivity index (χ1) is 17.7. The van der Waals surface area contributed by atoms with Crippen LogP contribution in [0.4, 0.5) is 0 Å². The number of nitrogens with two attached hydrogens (primary N) is 4. The molecule has 10 nitrogen and oxygen atoms in total. The molecular weight excluding hydrogens is 464 g/mol. The Morgan fingerprint density at radius 1 is 0.432 bits per heavy atom. The molecule has 0 spiro atoms. The van der Waals surface area contributed by atoms with E-state index in [9.17, 15) is 0 Å². The van der Waals surface area contributed by atoms with Gasteiger partial charge in [0.15, 0.2) is 0 Å². The maximum Gasteiger partial charge on any atom is 0.0455 e. The fourth-order valence-corrected chi connectivity index (χ4v) is 4.02. The normalized spacial score (nSPS) is 16.9. The summed E-state index contributed by atoms with van der Waals surface area (Å²) in [5, 5.41) is 21.6. The van der Waals surface area contributed by atoms with Gasteiger partial charge in [0.25, 0.3) is 0 Å². The molecule has 0 aliphatic heterocycles. The molecule has 0 rings (SSSR count). The fourth-order valence-electron chi connectivity index (χ4n) is 4.02. The molecule has 0 saturated carbocycles. The zero-order chi connectivity index (χ0) is 27.7. The quantitative estimate of drug-likeness (QED) is 0.0478. The van der Waals surface area contributed by atoms with Crippen LogP contribution in [0.15, 0.2) is 0 Å². The van der Waals surface area contributed by atoms with Crippen LogP contribution in [-0.4, -0.2) is 95.3 Å². The van der Waals surface area contributed by atoms with Crippen LogP contribution in [0.3, 0.4) is 0 Å². The van der Waals surface area contributed by atoms with Crippen molar-refractivity contribution in [1.29, 1.82) is 0 Å². The van der Waals surface area contributed by atoms with Crippen LogP contribution >= 0.6 is 0 Å². The molecule has 0 amide bonds. The van der Waals surface area contributed by atoms with E-state index in [0.29, 0.717) is 12.1 Å². The van der Waals surface area contributed by atoms with E-state index in [4.69, 9.17) is 22.9 Å². The molecule has 6 unspecified atom stereocenters. The van der Waals surface area contributed by atoms with Crippen molar-refractivity contribution in [3.8, 4) is 0 Å². The highest BCUT2D eigenvalue weighted by Crippen LogP contribution is 1.99. The molecule has 0 aliphatic rings. The summed E-state index contributed by atoms with van der Waals surface area (Å²) in [6.45, 7) is 16.9. The van der Waals surface area contributed by atoms with Gasteiger partial charge in [-0.05, 0) is 118 Å². The van der Waals surface area contributed by atoms with E-state index in [-0.39, 0.29) is 24.2 Å². The third-order valence-corrected chi connectivity index (χ3v) is 6.46. The van der Waals surface area contributed by atoms with Gasteiger partial charge in [-0.1, -0.05) is 0 Å². The van der Waals surface area contributed by atoms with Crippen molar-refractivity contribution in [2.24, 2.45) is 22.9 Å². The van der Waals surface area contributed by atoms with Gasteiger partial charge in [-0.15, -0.1) is 0 Å². The van der Waals surface area contributed by atoms with Crippen LogP contribution in [0.2, 0.25) is 0 Å². The minimum absolute atomic E-state index is 0.230. The Hall–Kier alpha value is -0.400. The third-order valence-electron chi connectivity index (χ3n) is 6.46. The largest absolute Gasteiger partial charge is 0.328 e. The second-order valence-corrected chi connectivity index (χ2v) is 11.2. The molecule has 0 aliphatic carbocycles. The van der Waals surface area contributed by atoms with Crippen molar-refractivity contribution in [2.45, 2.75) is 115 Å². The van der Waals surface area contributed by atoms with E-state index in [2.05, 4.69) is 59.6 Å². The van der Waals surface area contributed by atoms with Crippen molar-refractivity contribution in [1.82, 2.24) is 31.9 Å². The summed E-state index contributed by atoms with van der Waals surface area (Å²) in [5.74, 6) is 0. The molecular formula is C27H66N10. The minimum Gasteiger partial charge on any atom is -0.328 e. The molecule has 0 heterocycles. The highest BCUT2D eigenvalue weighted by atomic mass is 15.1. The van der Waals surface area contributed by atoms with E-state index in [1.807, 2.05) is 0 Å². The zero-order valence-electron chi connectivity index (χ0n) is 24.8. The molecule has 0 aromatic rings. The summed E-state index contributed by atoms with van der Waals surface area (Å²) in [6.07, 6.45) is 8.60. The molecule has 10 heteroatoms. The topological polar surface area (TPSA) is 176 Å². The van der Waals surface area contributed by atoms with Gasteiger partial charge in [-0.3, -0.25) is 0 Å². The molecule has 0 fully saturated rings. The van der Waals surface area contributed by atoms with Crippen LogP contribution in [-0.2, 0) is 0 Å². The number of nitrogens with one attached hydrogen (secondary N) is 6. The first-order valence-electron chi connectivity index (χ1n) is 15.0. The molecule has 224 valence electrons. The van der Waals surface area contributed by atoms with Crippen LogP contribution in [0.25, 0.3) is 0 Å². The number of hydrogen-bond acceptors (Lipinski definition) is 10. The average molecular weight is 531 g/mol. The second-order valence-electron chi connectivity index (χ2n) is 11.2. The lowest BCUT2D eigenvalue weighted by molar-refractivity contribution is 0.393. The van der Waals surface area contributed by atoms with Gasteiger partial charge in [0.05, 0.1) is 0 Å². The Morgan fingerprint density at radius 3 is 1.14 bits per heavy atom. The smallest absolute Gasteiger partial charge is 0.0455 e. The Labute approximate surface area is 229 Å². The molecule has 0 aromatic heterocycles. The van der Waals surface area contributed by atoms with Crippen molar-refractivity contribution < 1.29 is 0 Å². The number of rotatable bonds is 28. The van der Waals surface area contributed by atoms with Gasteiger partial charge < -0.3 is 54.8 Å². The molecule has 0 aromatic carbocycles. The Balaban J connectivity index is 4.27. The summed E-state index contributed by atoms with van der Waals surface area (Å²) in [6, 6.07) is 1.87. The van der Waals surface area contributed by atoms with Gasteiger partial charge in [0.2, 0.25) is 0 Å². The highest BCUT2D eigenvalue weighted by Gasteiger charge is 2.10. The van der Waals surface area contributed by atoms with Crippen molar-refractivity contribution >= 4 is 0 Å². The van der Waals surface area contributed by atoms with E-state index in [1.165, 1.54) is 0 Å². The van der Waals surface area contributed by atoms with E-state index in [1.54, 1.807) is 0 Å². The van der Waals surface area contributed by atoms with Crippen LogP contribution in [0.1, 0.15) is 79.1 Å². The SMILES string of the molecule is CC(N)CCNCCCC(CNCNCC(CCCNCCC(C)N)NCCC(C)N)NCCC(C)N. The van der Waals surface area contributed by atoms with Gasteiger partial charge in [0, 0.05) is 56.0 Å². The lowest BCUT2D eigenvalue weighted by Gasteiger charge is -2.22. The predicted octanol–water partition coefficient (Wildman–Crippen LogP) is -0.272. The molecule has 0 saturated heterocycles. The maximum absolute atomic E-state index is 5.94. The van der Waals surface area contributed by atoms with Crippen molar-refractivity contribution in [3.05, 3.63) is 0 Å². The van der Waals surface area contributed by atoms with Gasteiger partial charge in [-0.2, -0.15) is 0 Å². The zero-order valence-corrected chi connectivity index (χ0v) is 24.8. The summed E-state index contributed by atoms with van der Waals surface area (Å²) in [5.41, 5.74) is 23.5. The van der Waals surface area contributed by atoms with E-state index >= 15 is 0 Å². The Morgan fingerprint density at radius 2 is 0.784 bits per heavy atom. The van der Waals surface area contributed by atoms with Crippen LogP contribution in [0, 0.1) is 0 Å². The summed E-state index contributed by atoms with van der Waals surface area (Å²) < 4.78 is 0. The third kappa shape index (κ3) is 28.4. The Kier molecular flexibility index (Phi) is 25.6. The molecule has 0 bridgehead atoms. The van der Waals surface area contributed by atoms with Crippen molar-refractivity contribution in [2.75, 3.05) is 59.0 Å². The standard InChI is InChI=1S/C27H66N10/c1-22(28)9-15-32-13-5-7-26(36-17-11-24(3)30)19-34-21-35-20-27(37-18-12-25(4)31)8-6-14-33-16-10-23(2)29/h22-27,32-37H,5-21,28-31H2,1-4H3. The molecule has 14 N–H and O–H groups in total. The minimum atomic E-state index is 0.230. The van der Waals surface area contributed by atoms with Gasteiger partial charge in [-0.25, -0.2) is 0 Å². The lowest BCUT2D eigenvalue weighted by atomic mass is 10.1. The maximum atomic E-state index is 5.94. The average Bonchev–Trinajstić information content (AvgIpc) is 2.81. The Bertz CT molecular complexity index is 422. The highest BCUT2D eigenvalue weighted by molar-refractivity contribution is 4.74. The van der Waals surface area contributed by atoms with Crippen LogP contribution in [0.5, 0.6) is 0 Å². The monoisotopic (exact) mass is 531 g/mol. The predicted molar refractivity (Wildman–Crippen MR) is 162 cm³/mol. The first-order valence-corrected chi connectivity index (χ1v) is 15.0. The summed E-state index contributed by atoms with van der Waals surface area (Å²) in [7, 11) is 0.